The summed E-state index contributed by atoms with van der Waals surface area (Å²) in [6, 6.07) is 12.7. The van der Waals surface area contributed by atoms with Crippen LogP contribution in [0, 0.1) is 10.1 Å². The number of para-hydroxylation sites is 1. The van der Waals surface area contributed by atoms with E-state index in [0.29, 0.717) is 24.3 Å². The molecule has 0 radical (unpaired) electrons. The predicted molar refractivity (Wildman–Crippen MR) is 114 cm³/mol. The highest BCUT2D eigenvalue weighted by molar-refractivity contribution is 5.73. The number of nitro benzene ring substituents is 1. The molecule has 2 aromatic carbocycles. The van der Waals surface area contributed by atoms with Gasteiger partial charge in [0.1, 0.15) is 12.4 Å². The monoisotopic (exact) mass is 408 g/mol. The van der Waals surface area contributed by atoms with Gasteiger partial charge in [0.05, 0.1) is 16.9 Å². The molecular formula is C23H24N2O5. The third-order valence-electron chi connectivity index (χ3n) is 5.99. The van der Waals surface area contributed by atoms with Crippen molar-refractivity contribution in [2.75, 3.05) is 18.1 Å². The number of rotatable bonds is 5. The summed E-state index contributed by atoms with van der Waals surface area (Å²) in [5.74, 6) is 0.341. The van der Waals surface area contributed by atoms with Gasteiger partial charge < -0.3 is 14.4 Å². The Balaban J connectivity index is 1.75. The second-order valence-electron chi connectivity index (χ2n) is 7.98. The first kappa shape index (κ1) is 19.9. The van der Waals surface area contributed by atoms with Gasteiger partial charge in [-0.05, 0) is 43.7 Å². The minimum absolute atomic E-state index is 0.0234. The summed E-state index contributed by atoms with van der Waals surface area (Å²) in [6.07, 6.45) is 4.17. The SMILES string of the molecule is CCC(=O)OCCN1c2ccccc2C(C)(C)[C@]12C=Cc1cc([N+](=O)[O-])ccc1O2. The fraction of sp³-hybridized carbons (Fsp3) is 0.348. The zero-order valence-corrected chi connectivity index (χ0v) is 17.3. The number of non-ortho nitro benzene ring substituents is 1. The molecule has 0 aromatic heterocycles. The fourth-order valence-electron chi connectivity index (χ4n) is 4.34. The summed E-state index contributed by atoms with van der Waals surface area (Å²) in [4.78, 5) is 24.5. The molecule has 0 saturated heterocycles. The smallest absolute Gasteiger partial charge is 0.305 e. The van der Waals surface area contributed by atoms with Gasteiger partial charge in [0.15, 0.2) is 0 Å². The van der Waals surface area contributed by atoms with E-state index in [2.05, 4.69) is 24.8 Å². The van der Waals surface area contributed by atoms with Crippen molar-refractivity contribution < 1.29 is 19.2 Å². The van der Waals surface area contributed by atoms with E-state index in [1.165, 1.54) is 12.1 Å². The average Bonchev–Trinajstić information content (AvgIpc) is 2.92. The molecule has 0 bridgehead atoms. The van der Waals surface area contributed by atoms with Crippen LogP contribution in [0.1, 0.15) is 38.3 Å². The van der Waals surface area contributed by atoms with E-state index in [-0.39, 0.29) is 18.3 Å². The van der Waals surface area contributed by atoms with E-state index in [0.717, 1.165) is 11.3 Å². The molecule has 0 amide bonds. The van der Waals surface area contributed by atoms with Crippen LogP contribution in [-0.4, -0.2) is 29.8 Å². The van der Waals surface area contributed by atoms with Crippen molar-refractivity contribution in [2.45, 2.75) is 38.3 Å². The molecule has 7 nitrogen and oxygen atoms in total. The van der Waals surface area contributed by atoms with Crippen LogP contribution in [0.25, 0.3) is 6.08 Å². The predicted octanol–water partition coefficient (Wildman–Crippen LogP) is 4.45. The quantitative estimate of drug-likeness (QED) is 0.413. The summed E-state index contributed by atoms with van der Waals surface area (Å²) in [5, 5.41) is 11.1. The molecule has 0 saturated carbocycles. The maximum absolute atomic E-state index is 11.6. The lowest BCUT2D eigenvalue weighted by Crippen LogP contribution is -2.60. The number of nitrogens with zero attached hydrogens (tertiary/aromatic N) is 2. The Hall–Kier alpha value is -3.35. The van der Waals surface area contributed by atoms with Crippen molar-refractivity contribution in [3.8, 4) is 5.75 Å². The molecule has 2 aliphatic heterocycles. The van der Waals surface area contributed by atoms with Crippen molar-refractivity contribution in [3.63, 3.8) is 0 Å². The molecule has 4 rings (SSSR count). The van der Waals surface area contributed by atoms with Gasteiger partial charge in [-0.2, -0.15) is 0 Å². The Labute approximate surface area is 175 Å². The largest absolute Gasteiger partial charge is 0.464 e. The summed E-state index contributed by atoms with van der Waals surface area (Å²) in [6.45, 7) is 6.69. The molecule has 0 unspecified atom stereocenters. The van der Waals surface area contributed by atoms with Crippen LogP contribution in [0.5, 0.6) is 5.75 Å². The molecule has 2 aromatic rings. The Morgan fingerprint density at radius 2 is 2.00 bits per heavy atom. The van der Waals surface area contributed by atoms with E-state index in [4.69, 9.17) is 9.47 Å². The highest BCUT2D eigenvalue weighted by Gasteiger charge is 2.58. The van der Waals surface area contributed by atoms with Gasteiger partial charge in [-0.1, -0.05) is 25.1 Å². The van der Waals surface area contributed by atoms with Gasteiger partial charge in [0, 0.05) is 29.8 Å². The number of carbonyl (C=O) groups excluding carboxylic acids is 1. The van der Waals surface area contributed by atoms with Crippen molar-refractivity contribution >= 4 is 23.4 Å². The second-order valence-corrected chi connectivity index (χ2v) is 7.98. The average molecular weight is 408 g/mol. The van der Waals surface area contributed by atoms with Crippen molar-refractivity contribution in [1.82, 2.24) is 0 Å². The van der Waals surface area contributed by atoms with Crippen molar-refractivity contribution in [1.29, 1.82) is 0 Å². The third-order valence-corrected chi connectivity index (χ3v) is 5.99. The van der Waals surface area contributed by atoms with Gasteiger partial charge in [-0.15, -0.1) is 0 Å². The lowest BCUT2D eigenvalue weighted by atomic mass is 9.76. The number of fused-ring (bicyclic) bond motifs is 2. The fourth-order valence-corrected chi connectivity index (χ4v) is 4.34. The number of esters is 1. The zero-order chi connectivity index (χ0) is 21.5. The molecule has 1 spiro atoms. The third kappa shape index (κ3) is 2.93. The summed E-state index contributed by atoms with van der Waals surface area (Å²) < 4.78 is 11.9. The molecule has 2 aliphatic rings. The Morgan fingerprint density at radius 3 is 2.73 bits per heavy atom. The van der Waals surface area contributed by atoms with E-state index in [9.17, 15) is 14.9 Å². The molecule has 2 heterocycles. The van der Waals surface area contributed by atoms with E-state index < -0.39 is 16.1 Å². The number of hydrogen-bond donors (Lipinski definition) is 0. The normalized spacial score (nSPS) is 20.4. The van der Waals surface area contributed by atoms with Crippen molar-refractivity contribution in [3.05, 3.63) is 69.8 Å². The number of nitro groups is 1. The van der Waals surface area contributed by atoms with E-state index in [1.807, 2.05) is 30.4 Å². The van der Waals surface area contributed by atoms with Gasteiger partial charge in [-0.25, -0.2) is 0 Å². The lowest BCUT2D eigenvalue weighted by molar-refractivity contribution is -0.384. The number of ether oxygens (including phenoxy) is 2. The molecule has 0 aliphatic carbocycles. The van der Waals surface area contributed by atoms with Crippen LogP contribution in [0.4, 0.5) is 11.4 Å². The number of carbonyl (C=O) groups is 1. The minimum Gasteiger partial charge on any atom is -0.464 e. The maximum atomic E-state index is 11.6. The molecule has 0 N–H and O–H groups in total. The van der Waals surface area contributed by atoms with Crippen LogP contribution < -0.4 is 9.64 Å². The first-order valence-electron chi connectivity index (χ1n) is 9.99. The molecule has 1 atom stereocenters. The molecule has 156 valence electrons. The van der Waals surface area contributed by atoms with E-state index >= 15 is 0 Å². The van der Waals surface area contributed by atoms with E-state index in [1.54, 1.807) is 13.0 Å². The Kier molecular flexibility index (Phi) is 4.76. The van der Waals surface area contributed by atoms with Gasteiger partial charge in [-0.3, -0.25) is 14.9 Å². The molecular weight excluding hydrogens is 384 g/mol. The molecule has 30 heavy (non-hydrogen) atoms. The summed E-state index contributed by atoms with van der Waals surface area (Å²) in [5.41, 5.74) is 1.56. The second kappa shape index (κ2) is 7.16. The lowest BCUT2D eigenvalue weighted by Gasteiger charge is -2.47. The van der Waals surface area contributed by atoms with Gasteiger partial charge in [0.25, 0.3) is 5.69 Å². The highest BCUT2D eigenvalue weighted by Crippen LogP contribution is 2.54. The Bertz CT molecular complexity index is 1050. The first-order valence-corrected chi connectivity index (χ1v) is 9.99. The molecule has 0 fully saturated rings. The van der Waals surface area contributed by atoms with Crippen LogP contribution in [0.3, 0.4) is 0 Å². The maximum Gasteiger partial charge on any atom is 0.305 e. The van der Waals surface area contributed by atoms with Crippen molar-refractivity contribution in [2.24, 2.45) is 0 Å². The minimum atomic E-state index is -0.849. The highest BCUT2D eigenvalue weighted by atomic mass is 16.6. The van der Waals surface area contributed by atoms with Gasteiger partial charge >= 0.3 is 5.97 Å². The number of anilines is 1. The van der Waals surface area contributed by atoms with Crippen LogP contribution >= 0.6 is 0 Å². The summed E-state index contributed by atoms with van der Waals surface area (Å²) in [7, 11) is 0. The Morgan fingerprint density at radius 1 is 1.23 bits per heavy atom. The zero-order valence-electron chi connectivity index (χ0n) is 17.3. The standard InChI is InChI=1S/C23H24N2O5/c1-4-21(26)29-14-13-24-19-8-6-5-7-18(19)22(2,3)23(24)12-11-16-15-17(25(27)28)9-10-20(16)30-23/h5-12,15H,4,13-14H2,1-3H3/t23-/m1/s1. The topological polar surface area (TPSA) is 81.9 Å². The van der Waals surface area contributed by atoms with Gasteiger partial charge in [0.2, 0.25) is 5.72 Å². The summed E-state index contributed by atoms with van der Waals surface area (Å²) >= 11 is 0. The van der Waals surface area contributed by atoms with Crippen LogP contribution in [-0.2, 0) is 14.9 Å². The first-order chi connectivity index (χ1) is 14.3. The van der Waals surface area contributed by atoms with Crippen LogP contribution in [0.2, 0.25) is 0 Å². The number of benzene rings is 2. The van der Waals surface area contributed by atoms with Crippen LogP contribution in [0.15, 0.2) is 48.5 Å². The number of hydrogen-bond acceptors (Lipinski definition) is 6. The molecule has 7 heteroatoms.